The maximum absolute atomic E-state index is 6.98. The van der Waals surface area contributed by atoms with Crippen LogP contribution in [0.1, 0.15) is 5.56 Å². The highest BCUT2D eigenvalue weighted by Gasteiger charge is 1.92. The molecule has 3 nitrogen and oxygen atoms in total. The Morgan fingerprint density at radius 3 is 2.24 bits per heavy atom. The first-order valence-corrected chi connectivity index (χ1v) is 6.68. The van der Waals surface area contributed by atoms with E-state index in [0.29, 0.717) is 4.32 Å². The Morgan fingerprint density at radius 1 is 1.41 bits per heavy atom. The number of rotatable bonds is 2. The number of nitrogens with one attached hydrogen (secondary N) is 1. The van der Waals surface area contributed by atoms with Crippen LogP contribution in [0.15, 0.2) is 30.3 Å². The number of nitrogens with two attached hydrogens (primary N) is 1. The Bertz CT molecular complexity index is 352. The van der Waals surface area contributed by atoms with E-state index in [4.69, 9.17) is 11.1 Å². The number of thioether (sulfide) groups is 1. The van der Waals surface area contributed by atoms with E-state index in [1.165, 1.54) is 17.3 Å². The summed E-state index contributed by atoms with van der Waals surface area (Å²) >= 11 is 9.81. The number of hydrogen-bond acceptors (Lipinski definition) is 3. The maximum Gasteiger partial charge on any atom is 0.151 e. The van der Waals surface area contributed by atoms with Gasteiger partial charge in [-0.2, -0.15) is 0 Å². The van der Waals surface area contributed by atoms with Gasteiger partial charge in [-0.1, -0.05) is 54.3 Å². The molecule has 0 atom stereocenters. The van der Waals surface area contributed by atoms with E-state index in [9.17, 15) is 0 Å². The molecule has 1 aromatic rings. The molecule has 3 N–H and O–H groups in total. The zero-order valence-corrected chi connectivity index (χ0v) is 12.4. The summed E-state index contributed by atoms with van der Waals surface area (Å²) in [5.41, 5.74) is 6.39. The first-order valence-electron chi connectivity index (χ1n) is 4.84. The largest absolute Gasteiger partial charge is 0.379 e. The van der Waals surface area contributed by atoms with Crippen LogP contribution in [0.2, 0.25) is 0 Å². The molecule has 0 saturated carbocycles. The van der Waals surface area contributed by atoms with Crippen LogP contribution in [0.4, 0.5) is 0 Å². The van der Waals surface area contributed by atoms with Gasteiger partial charge in [0, 0.05) is 19.8 Å². The van der Waals surface area contributed by atoms with Gasteiger partial charge in [0.25, 0.3) is 0 Å². The lowest BCUT2D eigenvalue weighted by Gasteiger charge is -2.05. The molecule has 0 unspecified atom stereocenters. The highest BCUT2D eigenvalue weighted by Crippen LogP contribution is 2.09. The van der Waals surface area contributed by atoms with Gasteiger partial charge in [0.05, 0.1) is 0 Å². The highest BCUT2D eigenvalue weighted by atomic mass is 32.2. The number of amidine groups is 1. The average Bonchev–Trinajstić information content (AvgIpc) is 2.28. The first-order chi connectivity index (χ1) is 7.93. The lowest BCUT2D eigenvalue weighted by Crippen LogP contribution is -2.12. The predicted molar refractivity (Wildman–Crippen MR) is 84.9 cm³/mol. The molecule has 0 amide bonds. The fourth-order valence-corrected chi connectivity index (χ4v) is 1.25. The van der Waals surface area contributed by atoms with Crippen molar-refractivity contribution in [3.05, 3.63) is 35.9 Å². The highest BCUT2D eigenvalue weighted by molar-refractivity contribution is 8.13. The van der Waals surface area contributed by atoms with Gasteiger partial charge >= 0.3 is 0 Å². The van der Waals surface area contributed by atoms with Gasteiger partial charge < -0.3 is 10.6 Å². The normalized spacial score (nSPS) is 8.88. The van der Waals surface area contributed by atoms with Crippen LogP contribution >= 0.6 is 36.6 Å². The Hall–Kier alpha value is -0.720. The summed E-state index contributed by atoms with van der Waals surface area (Å²) in [6, 6.07) is 9.99. The third-order valence-corrected chi connectivity index (χ3v) is 3.17. The monoisotopic (exact) mass is 287 g/mol. The SMILES string of the molecule is CN(C)C(=S)S.N=C(N)SCc1ccccc1. The Labute approximate surface area is 118 Å². The van der Waals surface area contributed by atoms with E-state index >= 15 is 0 Å². The smallest absolute Gasteiger partial charge is 0.151 e. The summed E-state index contributed by atoms with van der Waals surface area (Å²) in [6.07, 6.45) is 0. The molecule has 0 aliphatic rings. The molecule has 0 aliphatic heterocycles. The van der Waals surface area contributed by atoms with Crippen LogP contribution in [0, 0.1) is 5.41 Å². The zero-order valence-electron chi connectivity index (χ0n) is 9.88. The molecule has 17 heavy (non-hydrogen) atoms. The summed E-state index contributed by atoms with van der Waals surface area (Å²) in [6.45, 7) is 0. The zero-order chi connectivity index (χ0) is 13.3. The van der Waals surface area contributed by atoms with E-state index in [2.05, 4.69) is 24.8 Å². The molecule has 0 spiro atoms. The van der Waals surface area contributed by atoms with Gasteiger partial charge in [-0.05, 0) is 5.56 Å². The second-order valence-corrected chi connectivity index (χ2v) is 5.45. The van der Waals surface area contributed by atoms with E-state index in [1.54, 1.807) is 4.90 Å². The molecule has 0 aliphatic carbocycles. The molecule has 94 valence electrons. The number of benzene rings is 1. The van der Waals surface area contributed by atoms with Crippen LogP contribution < -0.4 is 5.73 Å². The van der Waals surface area contributed by atoms with E-state index in [-0.39, 0.29) is 5.17 Å². The standard InChI is InChI=1S/C8H10N2S.C3H7NS2/c9-8(10)11-6-7-4-2-1-3-5-7;1-4(2)3(5)6/h1-5H,6H2,(H3,9,10);1-2H3,(H,5,6). The topological polar surface area (TPSA) is 53.1 Å². The lowest BCUT2D eigenvalue weighted by atomic mass is 10.2. The molecule has 1 rings (SSSR count). The van der Waals surface area contributed by atoms with Crippen molar-refractivity contribution in [2.45, 2.75) is 5.75 Å². The van der Waals surface area contributed by atoms with Gasteiger partial charge in [-0.25, -0.2) is 0 Å². The van der Waals surface area contributed by atoms with E-state index < -0.39 is 0 Å². The molecule has 0 saturated heterocycles. The van der Waals surface area contributed by atoms with Crippen molar-refractivity contribution in [1.29, 1.82) is 5.41 Å². The molecular formula is C11H17N3S3. The summed E-state index contributed by atoms with van der Waals surface area (Å²) in [5.74, 6) is 0.788. The van der Waals surface area contributed by atoms with Crippen LogP contribution in [-0.4, -0.2) is 28.5 Å². The van der Waals surface area contributed by atoms with E-state index in [0.717, 1.165) is 5.75 Å². The van der Waals surface area contributed by atoms with Crippen LogP contribution in [-0.2, 0) is 5.75 Å². The van der Waals surface area contributed by atoms with Crippen molar-refractivity contribution in [3.8, 4) is 0 Å². The van der Waals surface area contributed by atoms with Gasteiger partial charge in [0.15, 0.2) is 5.17 Å². The number of thiol groups is 1. The fraction of sp³-hybridized carbons (Fsp3) is 0.273. The molecule has 1 aromatic carbocycles. The number of hydrogen-bond donors (Lipinski definition) is 3. The molecule has 0 fully saturated rings. The van der Waals surface area contributed by atoms with Crippen LogP contribution in [0.25, 0.3) is 0 Å². The van der Waals surface area contributed by atoms with Crippen molar-refractivity contribution in [3.63, 3.8) is 0 Å². The molecule has 0 heterocycles. The Morgan fingerprint density at radius 2 is 1.88 bits per heavy atom. The third-order valence-electron chi connectivity index (χ3n) is 1.62. The second-order valence-electron chi connectivity index (χ2n) is 3.32. The third kappa shape index (κ3) is 10.2. The van der Waals surface area contributed by atoms with Gasteiger partial charge in [0.1, 0.15) is 4.32 Å². The first kappa shape index (κ1) is 16.3. The molecule has 0 aromatic heterocycles. The van der Waals surface area contributed by atoms with E-state index in [1.807, 2.05) is 44.4 Å². The second kappa shape index (κ2) is 9.32. The van der Waals surface area contributed by atoms with Crippen molar-refractivity contribution in [2.24, 2.45) is 5.73 Å². The lowest BCUT2D eigenvalue weighted by molar-refractivity contribution is 0.648. The summed E-state index contributed by atoms with van der Waals surface area (Å²) in [5, 5.41) is 7.16. The van der Waals surface area contributed by atoms with Crippen LogP contribution in [0.3, 0.4) is 0 Å². The quantitative estimate of drug-likeness (QED) is 0.339. The molecule has 0 bridgehead atoms. The molecule has 0 radical (unpaired) electrons. The van der Waals surface area contributed by atoms with Gasteiger partial charge in [-0.15, -0.1) is 12.6 Å². The fourth-order valence-electron chi connectivity index (χ4n) is 0.735. The van der Waals surface area contributed by atoms with Crippen molar-refractivity contribution in [1.82, 2.24) is 4.90 Å². The Balaban J connectivity index is 0.000000366. The van der Waals surface area contributed by atoms with Crippen molar-refractivity contribution < 1.29 is 0 Å². The number of thiocarbonyl (C=S) groups is 1. The Kier molecular flexibility index (Phi) is 8.93. The predicted octanol–water partition coefficient (Wildman–Crippen LogP) is 2.58. The maximum atomic E-state index is 6.98. The minimum atomic E-state index is 0.175. The van der Waals surface area contributed by atoms with Gasteiger partial charge in [-0.3, -0.25) is 5.41 Å². The van der Waals surface area contributed by atoms with Crippen molar-refractivity contribution in [2.75, 3.05) is 14.1 Å². The van der Waals surface area contributed by atoms with Crippen LogP contribution in [0.5, 0.6) is 0 Å². The molecule has 6 heteroatoms. The summed E-state index contributed by atoms with van der Waals surface area (Å²) < 4.78 is 0.620. The molecular weight excluding hydrogens is 270 g/mol. The minimum absolute atomic E-state index is 0.175. The van der Waals surface area contributed by atoms with Gasteiger partial charge in [0.2, 0.25) is 0 Å². The summed E-state index contributed by atoms with van der Waals surface area (Å²) in [4.78, 5) is 1.76. The number of nitrogens with zero attached hydrogens (tertiary/aromatic N) is 1. The summed E-state index contributed by atoms with van der Waals surface area (Å²) in [7, 11) is 3.71. The van der Waals surface area contributed by atoms with Crippen molar-refractivity contribution >= 4 is 46.1 Å². The average molecular weight is 287 g/mol. The minimum Gasteiger partial charge on any atom is -0.379 e.